The van der Waals surface area contributed by atoms with E-state index in [4.69, 9.17) is 10.5 Å². The fourth-order valence-electron chi connectivity index (χ4n) is 1.89. The molecule has 5 heteroatoms. The van der Waals surface area contributed by atoms with Gasteiger partial charge in [-0.25, -0.2) is 8.42 Å². The van der Waals surface area contributed by atoms with Crippen LogP contribution in [0.25, 0.3) is 0 Å². The van der Waals surface area contributed by atoms with Gasteiger partial charge in [0.1, 0.15) is 10.6 Å². The third kappa shape index (κ3) is 1.27. The first kappa shape index (κ1) is 10.4. The van der Waals surface area contributed by atoms with Crippen molar-refractivity contribution in [2.24, 2.45) is 5.73 Å². The van der Waals surface area contributed by atoms with Crippen molar-refractivity contribution in [3.05, 3.63) is 23.8 Å². The average Bonchev–Trinajstić information content (AvgIpc) is 2.41. The molecule has 0 spiro atoms. The van der Waals surface area contributed by atoms with Crippen molar-refractivity contribution in [1.29, 1.82) is 0 Å². The monoisotopic (exact) mass is 227 g/mol. The van der Waals surface area contributed by atoms with Gasteiger partial charge >= 0.3 is 0 Å². The predicted octanol–water partition coefficient (Wildman–Crippen LogP) is 0.871. The van der Waals surface area contributed by atoms with Crippen molar-refractivity contribution in [3.63, 3.8) is 0 Å². The van der Waals surface area contributed by atoms with Gasteiger partial charge in [0.15, 0.2) is 9.84 Å². The average molecular weight is 227 g/mol. The number of hydrogen-bond acceptors (Lipinski definition) is 4. The third-order valence-electron chi connectivity index (χ3n) is 2.87. The molecular formula is C10H13NO3S. The van der Waals surface area contributed by atoms with Gasteiger partial charge in [-0.2, -0.15) is 0 Å². The van der Waals surface area contributed by atoms with E-state index < -0.39 is 21.1 Å². The Kier molecular flexibility index (Phi) is 2.24. The summed E-state index contributed by atoms with van der Waals surface area (Å²) in [5, 5.41) is -0.580. The molecule has 1 heterocycles. The summed E-state index contributed by atoms with van der Waals surface area (Å²) in [6, 6.07) is 4.68. The Morgan fingerprint density at radius 3 is 2.67 bits per heavy atom. The first-order valence-corrected chi connectivity index (χ1v) is 6.21. The Bertz CT molecular complexity index is 495. The second kappa shape index (κ2) is 3.21. The van der Waals surface area contributed by atoms with Gasteiger partial charge < -0.3 is 10.5 Å². The highest BCUT2D eigenvalue weighted by atomic mass is 32.2. The fraction of sp³-hybridized carbons (Fsp3) is 0.400. The van der Waals surface area contributed by atoms with E-state index in [-0.39, 0.29) is 4.90 Å². The molecule has 2 atom stereocenters. The van der Waals surface area contributed by atoms with Crippen LogP contribution in [0.1, 0.15) is 18.5 Å². The van der Waals surface area contributed by atoms with E-state index in [1.165, 1.54) is 7.11 Å². The van der Waals surface area contributed by atoms with Crippen LogP contribution in [-0.2, 0) is 9.84 Å². The van der Waals surface area contributed by atoms with Crippen LogP contribution in [0.4, 0.5) is 0 Å². The van der Waals surface area contributed by atoms with Crippen LogP contribution in [0.2, 0.25) is 0 Å². The summed E-state index contributed by atoms with van der Waals surface area (Å²) in [5.41, 5.74) is 6.51. The number of methoxy groups -OCH3 is 1. The topological polar surface area (TPSA) is 69.4 Å². The number of rotatable bonds is 1. The molecule has 0 saturated heterocycles. The van der Waals surface area contributed by atoms with Crippen LogP contribution < -0.4 is 10.5 Å². The van der Waals surface area contributed by atoms with E-state index in [1.54, 1.807) is 25.1 Å². The lowest BCUT2D eigenvalue weighted by molar-refractivity contribution is 0.402. The zero-order valence-electron chi connectivity index (χ0n) is 8.60. The second-order valence-corrected chi connectivity index (χ2v) is 5.90. The van der Waals surface area contributed by atoms with E-state index in [1.807, 2.05) is 0 Å². The van der Waals surface area contributed by atoms with Crippen LogP contribution in [0.5, 0.6) is 5.75 Å². The normalized spacial score (nSPS) is 27.4. The van der Waals surface area contributed by atoms with Gasteiger partial charge in [0.25, 0.3) is 0 Å². The Labute approximate surface area is 89.0 Å². The van der Waals surface area contributed by atoms with Crippen molar-refractivity contribution in [2.75, 3.05) is 7.11 Å². The highest BCUT2D eigenvalue weighted by Gasteiger charge is 2.42. The van der Waals surface area contributed by atoms with Crippen LogP contribution in [0.15, 0.2) is 23.1 Å². The molecule has 1 aliphatic rings. The van der Waals surface area contributed by atoms with Crippen molar-refractivity contribution in [1.82, 2.24) is 0 Å². The number of nitrogens with two attached hydrogens (primary N) is 1. The molecular weight excluding hydrogens is 214 g/mol. The largest absolute Gasteiger partial charge is 0.495 e. The molecule has 2 rings (SSSR count). The lowest BCUT2D eigenvalue weighted by Crippen LogP contribution is -2.23. The van der Waals surface area contributed by atoms with Gasteiger partial charge in [-0.15, -0.1) is 0 Å². The highest BCUT2D eigenvalue weighted by Crippen LogP contribution is 2.42. The summed E-state index contributed by atoms with van der Waals surface area (Å²) in [5.74, 6) is 0.382. The Hall–Kier alpha value is -1.07. The molecule has 2 N–H and O–H groups in total. The van der Waals surface area contributed by atoms with Gasteiger partial charge in [-0.3, -0.25) is 0 Å². The first-order valence-electron chi connectivity index (χ1n) is 4.66. The summed E-state index contributed by atoms with van der Waals surface area (Å²) in [6.45, 7) is 1.62. The van der Waals surface area contributed by atoms with E-state index in [2.05, 4.69) is 0 Å². The maximum atomic E-state index is 12.0. The van der Waals surface area contributed by atoms with Crippen molar-refractivity contribution >= 4 is 9.84 Å². The van der Waals surface area contributed by atoms with Gasteiger partial charge in [0.2, 0.25) is 0 Å². The second-order valence-electron chi connectivity index (χ2n) is 3.65. The minimum atomic E-state index is -3.33. The van der Waals surface area contributed by atoms with E-state index in [0.29, 0.717) is 11.3 Å². The maximum absolute atomic E-state index is 12.0. The fourth-order valence-corrected chi connectivity index (χ4v) is 3.76. The molecule has 0 aliphatic carbocycles. The summed E-state index contributed by atoms with van der Waals surface area (Å²) in [7, 11) is -1.87. The molecule has 1 aromatic rings. The molecule has 0 saturated carbocycles. The molecule has 0 bridgehead atoms. The Balaban J connectivity index is 2.78. The van der Waals surface area contributed by atoms with Crippen molar-refractivity contribution in [3.8, 4) is 5.75 Å². The summed E-state index contributed by atoms with van der Waals surface area (Å²) >= 11 is 0. The Morgan fingerprint density at radius 1 is 1.40 bits per heavy atom. The van der Waals surface area contributed by atoms with Crippen LogP contribution in [0.3, 0.4) is 0 Å². The van der Waals surface area contributed by atoms with E-state index >= 15 is 0 Å². The van der Waals surface area contributed by atoms with E-state index in [9.17, 15) is 8.42 Å². The van der Waals surface area contributed by atoms with Crippen LogP contribution in [0, 0.1) is 0 Å². The summed E-state index contributed by atoms with van der Waals surface area (Å²) in [6.07, 6.45) is 0. The Morgan fingerprint density at radius 2 is 2.07 bits per heavy atom. The number of ether oxygens (including phenoxy) is 1. The SMILES string of the molecule is COc1cccc2c1S(=O)(=O)C(C)C2N. The van der Waals surface area contributed by atoms with Gasteiger partial charge in [0, 0.05) is 6.04 Å². The minimum Gasteiger partial charge on any atom is -0.495 e. The molecule has 1 aromatic carbocycles. The van der Waals surface area contributed by atoms with Crippen LogP contribution >= 0.6 is 0 Å². The molecule has 2 unspecified atom stereocenters. The minimum absolute atomic E-state index is 0.257. The predicted molar refractivity (Wildman–Crippen MR) is 56.6 cm³/mol. The van der Waals surface area contributed by atoms with Crippen LogP contribution in [-0.4, -0.2) is 20.8 Å². The number of fused-ring (bicyclic) bond motifs is 1. The number of hydrogen-bond donors (Lipinski definition) is 1. The van der Waals surface area contributed by atoms with Gasteiger partial charge in [-0.05, 0) is 18.6 Å². The standard InChI is InChI=1S/C10H13NO3S/c1-6-9(11)7-4-3-5-8(14-2)10(7)15(6,12)13/h3-6,9H,11H2,1-2H3. The van der Waals surface area contributed by atoms with Gasteiger partial charge in [-0.1, -0.05) is 12.1 Å². The summed E-state index contributed by atoms with van der Waals surface area (Å²) < 4.78 is 29.1. The molecule has 15 heavy (non-hydrogen) atoms. The first-order chi connectivity index (χ1) is 7.00. The molecule has 0 fully saturated rings. The zero-order valence-corrected chi connectivity index (χ0v) is 9.41. The lowest BCUT2D eigenvalue weighted by Gasteiger charge is -2.07. The molecule has 0 amide bonds. The summed E-state index contributed by atoms with van der Waals surface area (Å²) in [4.78, 5) is 0.257. The van der Waals surface area contributed by atoms with E-state index in [0.717, 1.165) is 0 Å². The molecule has 82 valence electrons. The van der Waals surface area contributed by atoms with Gasteiger partial charge in [0.05, 0.1) is 12.4 Å². The van der Waals surface area contributed by atoms with Crippen molar-refractivity contribution < 1.29 is 13.2 Å². The third-order valence-corrected chi connectivity index (χ3v) is 5.15. The number of benzene rings is 1. The molecule has 0 radical (unpaired) electrons. The molecule has 4 nitrogen and oxygen atoms in total. The zero-order chi connectivity index (χ0) is 11.2. The smallest absolute Gasteiger partial charge is 0.186 e. The quantitative estimate of drug-likeness (QED) is 0.773. The maximum Gasteiger partial charge on any atom is 0.186 e. The molecule has 1 aliphatic heterocycles. The van der Waals surface area contributed by atoms with Crippen molar-refractivity contribution in [2.45, 2.75) is 23.1 Å². The lowest BCUT2D eigenvalue weighted by atomic mass is 10.1. The molecule has 0 aromatic heterocycles. The highest BCUT2D eigenvalue weighted by molar-refractivity contribution is 7.92. The number of sulfone groups is 1.